The largest absolute Gasteiger partial charge is 0.493 e. The van der Waals surface area contributed by atoms with Crippen LogP contribution in [0.2, 0.25) is 5.02 Å². The van der Waals surface area contributed by atoms with E-state index in [1.807, 2.05) is 18.2 Å². The lowest BCUT2D eigenvalue weighted by atomic mass is 9.97. The minimum atomic E-state index is 0.0146. The van der Waals surface area contributed by atoms with Crippen LogP contribution >= 0.6 is 11.6 Å². The zero-order chi connectivity index (χ0) is 13.9. The molecule has 0 bridgehead atoms. The highest BCUT2D eigenvalue weighted by Gasteiger charge is 2.17. The van der Waals surface area contributed by atoms with Crippen molar-refractivity contribution in [3.8, 4) is 5.75 Å². The Balaban J connectivity index is 1.85. The predicted molar refractivity (Wildman–Crippen MR) is 78.7 cm³/mol. The summed E-state index contributed by atoms with van der Waals surface area (Å²) < 4.78 is 5.52. The van der Waals surface area contributed by atoms with Crippen LogP contribution in [0, 0.1) is 0 Å². The third-order valence-electron chi connectivity index (χ3n) is 3.60. The molecule has 3 N–H and O–H groups in total. The van der Waals surface area contributed by atoms with Crippen LogP contribution in [-0.2, 0) is 12.8 Å². The van der Waals surface area contributed by atoms with Gasteiger partial charge in [0, 0.05) is 18.8 Å². The second-order valence-electron chi connectivity index (χ2n) is 4.86. The van der Waals surface area contributed by atoms with E-state index in [9.17, 15) is 0 Å². The normalized spacial score (nSPS) is 14.7. The number of halogens is 1. The number of nitrogens with one attached hydrogen (secondary N) is 1. The van der Waals surface area contributed by atoms with Gasteiger partial charge in [-0.05, 0) is 35.2 Å². The lowest BCUT2D eigenvalue weighted by molar-refractivity contribution is 0.356. The third kappa shape index (κ3) is 2.63. The molecule has 3 rings (SSSR count). The summed E-state index contributed by atoms with van der Waals surface area (Å²) in [6.07, 6.45) is 5.07. The van der Waals surface area contributed by atoms with E-state index in [1.165, 1.54) is 5.56 Å². The van der Waals surface area contributed by atoms with E-state index in [0.29, 0.717) is 5.02 Å². The number of nitrogens with two attached hydrogens (primary N) is 1. The molecule has 1 aromatic carbocycles. The van der Waals surface area contributed by atoms with E-state index in [4.69, 9.17) is 22.2 Å². The number of rotatable bonds is 4. The van der Waals surface area contributed by atoms with E-state index < -0.39 is 0 Å². The van der Waals surface area contributed by atoms with Crippen LogP contribution in [-0.4, -0.2) is 11.6 Å². The molecule has 0 radical (unpaired) electrons. The van der Waals surface area contributed by atoms with Crippen LogP contribution in [0.15, 0.2) is 36.7 Å². The third-order valence-corrected chi connectivity index (χ3v) is 3.94. The van der Waals surface area contributed by atoms with Gasteiger partial charge in [0.1, 0.15) is 5.75 Å². The van der Waals surface area contributed by atoms with Crippen LogP contribution in [0.25, 0.3) is 0 Å². The number of pyridine rings is 1. The maximum absolute atomic E-state index is 6.16. The number of ether oxygens (including phenoxy) is 1. The summed E-state index contributed by atoms with van der Waals surface area (Å²) in [7, 11) is 0. The summed E-state index contributed by atoms with van der Waals surface area (Å²) in [5, 5.41) is 0.664. The number of hydrogen-bond acceptors (Lipinski definition) is 4. The quantitative estimate of drug-likeness (QED) is 0.670. The maximum atomic E-state index is 6.16. The summed E-state index contributed by atoms with van der Waals surface area (Å²) in [5.41, 5.74) is 6.28. The number of fused-ring (bicyclic) bond motifs is 1. The van der Waals surface area contributed by atoms with Crippen molar-refractivity contribution in [2.75, 3.05) is 6.61 Å². The topological polar surface area (TPSA) is 60.2 Å². The van der Waals surface area contributed by atoms with E-state index in [2.05, 4.69) is 16.5 Å². The lowest BCUT2D eigenvalue weighted by Crippen LogP contribution is -2.29. The van der Waals surface area contributed by atoms with Crippen LogP contribution in [0.5, 0.6) is 5.75 Å². The second kappa shape index (κ2) is 5.79. The van der Waals surface area contributed by atoms with Crippen molar-refractivity contribution >= 4 is 11.6 Å². The van der Waals surface area contributed by atoms with Gasteiger partial charge in [0.2, 0.25) is 0 Å². The Labute approximate surface area is 122 Å². The monoisotopic (exact) mass is 289 g/mol. The van der Waals surface area contributed by atoms with E-state index in [1.54, 1.807) is 12.4 Å². The fourth-order valence-electron chi connectivity index (χ4n) is 2.49. The molecule has 1 unspecified atom stereocenters. The molecule has 1 aliphatic rings. The van der Waals surface area contributed by atoms with Gasteiger partial charge in [-0.25, -0.2) is 0 Å². The van der Waals surface area contributed by atoms with Crippen LogP contribution < -0.4 is 16.0 Å². The summed E-state index contributed by atoms with van der Waals surface area (Å²) in [4.78, 5) is 4.00. The zero-order valence-electron chi connectivity index (χ0n) is 11.0. The molecule has 0 amide bonds. The van der Waals surface area contributed by atoms with Gasteiger partial charge in [-0.1, -0.05) is 23.7 Å². The molecule has 1 aliphatic heterocycles. The molecule has 2 aromatic rings. The van der Waals surface area contributed by atoms with Crippen molar-refractivity contribution in [3.63, 3.8) is 0 Å². The Morgan fingerprint density at radius 1 is 1.40 bits per heavy atom. The van der Waals surface area contributed by atoms with Gasteiger partial charge in [-0.3, -0.25) is 16.3 Å². The zero-order valence-corrected chi connectivity index (χ0v) is 11.7. The average molecular weight is 290 g/mol. The Bertz CT molecular complexity index is 618. The van der Waals surface area contributed by atoms with Crippen molar-refractivity contribution in [1.29, 1.82) is 0 Å². The molecule has 0 saturated heterocycles. The van der Waals surface area contributed by atoms with E-state index >= 15 is 0 Å². The molecule has 104 valence electrons. The smallest absolute Gasteiger partial charge is 0.122 e. The van der Waals surface area contributed by atoms with Crippen LogP contribution in [0.3, 0.4) is 0 Å². The molecule has 1 atom stereocenters. The first-order valence-electron chi connectivity index (χ1n) is 6.58. The Morgan fingerprint density at radius 2 is 2.30 bits per heavy atom. The maximum Gasteiger partial charge on any atom is 0.122 e. The van der Waals surface area contributed by atoms with Crippen molar-refractivity contribution in [2.24, 2.45) is 5.84 Å². The lowest BCUT2D eigenvalue weighted by Gasteiger charge is -2.17. The number of aromatic nitrogens is 1. The van der Waals surface area contributed by atoms with Gasteiger partial charge in [0.25, 0.3) is 0 Å². The molecule has 5 heteroatoms. The predicted octanol–water partition coefficient (Wildman–Crippen LogP) is 2.42. The minimum absolute atomic E-state index is 0.0146. The summed E-state index contributed by atoms with van der Waals surface area (Å²) >= 11 is 6.16. The fourth-order valence-corrected chi connectivity index (χ4v) is 2.68. The van der Waals surface area contributed by atoms with Crippen molar-refractivity contribution in [1.82, 2.24) is 10.4 Å². The first-order chi connectivity index (χ1) is 9.78. The molecule has 20 heavy (non-hydrogen) atoms. The van der Waals surface area contributed by atoms with E-state index in [-0.39, 0.29) is 6.04 Å². The summed E-state index contributed by atoms with van der Waals surface area (Å²) in [6.45, 7) is 0.760. The van der Waals surface area contributed by atoms with Crippen molar-refractivity contribution in [2.45, 2.75) is 18.9 Å². The van der Waals surface area contributed by atoms with E-state index in [0.717, 1.165) is 36.3 Å². The Hall–Kier alpha value is -1.62. The number of hydrogen-bond donors (Lipinski definition) is 2. The van der Waals surface area contributed by atoms with Crippen LogP contribution in [0.4, 0.5) is 0 Å². The van der Waals surface area contributed by atoms with Crippen LogP contribution in [0.1, 0.15) is 22.7 Å². The highest BCUT2D eigenvalue weighted by atomic mass is 35.5. The van der Waals surface area contributed by atoms with Gasteiger partial charge >= 0.3 is 0 Å². The Kier molecular flexibility index (Phi) is 3.87. The fraction of sp³-hybridized carbons (Fsp3) is 0.267. The molecule has 2 heterocycles. The molecular weight excluding hydrogens is 274 g/mol. The molecule has 4 nitrogen and oxygen atoms in total. The molecule has 1 aromatic heterocycles. The first-order valence-corrected chi connectivity index (χ1v) is 6.96. The minimum Gasteiger partial charge on any atom is -0.493 e. The highest BCUT2D eigenvalue weighted by molar-refractivity contribution is 6.31. The van der Waals surface area contributed by atoms with Gasteiger partial charge in [0.15, 0.2) is 0 Å². The second-order valence-corrected chi connectivity index (χ2v) is 5.26. The van der Waals surface area contributed by atoms with Gasteiger partial charge in [0.05, 0.1) is 17.7 Å². The van der Waals surface area contributed by atoms with Gasteiger partial charge in [-0.2, -0.15) is 0 Å². The summed E-state index contributed by atoms with van der Waals surface area (Å²) in [5.74, 6) is 6.69. The Morgan fingerprint density at radius 3 is 3.10 bits per heavy atom. The number of hydrazine groups is 1. The number of benzene rings is 1. The highest BCUT2D eigenvalue weighted by Crippen LogP contribution is 2.29. The molecule has 0 aliphatic carbocycles. The number of nitrogens with zero attached hydrogens (tertiary/aromatic N) is 1. The van der Waals surface area contributed by atoms with Gasteiger partial charge < -0.3 is 4.74 Å². The molecular formula is C15H16ClN3O. The molecule has 0 spiro atoms. The average Bonchev–Trinajstić information content (AvgIpc) is 2.94. The van der Waals surface area contributed by atoms with Gasteiger partial charge in [-0.15, -0.1) is 0 Å². The van der Waals surface area contributed by atoms with Crippen molar-refractivity contribution in [3.05, 3.63) is 58.4 Å². The van der Waals surface area contributed by atoms with Crippen molar-refractivity contribution < 1.29 is 4.74 Å². The first kappa shape index (κ1) is 13.4. The molecule has 0 saturated carbocycles. The SMILES string of the molecule is NNC(Cc1ccncc1Cl)c1ccc2c(c1)CCO2. The molecule has 0 fully saturated rings. The summed E-state index contributed by atoms with van der Waals surface area (Å²) in [6, 6.07) is 8.14. The standard InChI is InChI=1S/C15H16ClN3O/c16-13-9-18-5-3-10(13)8-14(19-17)11-1-2-15-12(7-11)4-6-20-15/h1-3,5,7,9,14,19H,4,6,8,17H2.